The maximum atomic E-state index is 13.7. The first-order chi connectivity index (χ1) is 17.0. The van der Waals surface area contributed by atoms with Gasteiger partial charge in [0.1, 0.15) is 0 Å². The zero-order valence-electron chi connectivity index (χ0n) is 18.9. The van der Waals surface area contributed by atoms with Gasteiger partial charge in [-0.1, -0.05) is 66.0 Å². The van der Waals surface area contributed by atoms with Crippen LogP contribution in [0.5, 0.6) is 0 Å². The standard InChI is InChI=1S/C24H19Cl3F8OS/c1-12(10-37-11-23(30,31)32)6-20(36)15-4-2-13(7-16(15)22(28)29)3-5-17(24(33,34)35)14-8-18(25)21(27)19(26)9-14/h2-5,7-9,12,17,22H,6,10-11H2,1H3/b5-3+/t12-,17?/m0/s1. The Kier molecular flexibility index (Phi) is 11.2. The van der Waals surface area contributed by atoms with Crippen LogP contribution in [0.3, 0.4) is 0 Å². The van der Waals surface area contributed by atoms with Crippen molar-refractivity contribution < 1.29 is 39.9 Å². The lowest BCUT2D eigenvalue weighted by Crippen LogP contribution is -2.19. The quantitative estimate of drug-likeness (QED) is 0.151. The summed E-state index contributed by atoms with van der Waals surface area (Å²) in [7, 11) is 0. The minimum atomic E-state index is -4.78. The van der Waals surface area contributed by atoms with Gasteiger partial charge in [-0.3, -0.25) is 4.79 Å². The van der Waals surface area contributed by atoms with Gasteiger partial charge in [0.25, 0.3) is 6.43 Å². The number of hydrogen-bond acceptors (Lipinski definition) is 2. The van der Waals surface area contributed by atoms with Gasteiger partial charge in [-0.2, -0.15) is 38.1 Å². The summed E-state index contributed by atoms with van der Waals surface area (Å²) in [4.78, 5) is 12.6. The highest BCUT2D eigenvalue weighted by molar-refractivity contribution is 7.99. The van der Waals surface area contributed by atoms with Gasteiger partial charge in [0.2, 0.25) is 0 Å². The van der Waals surface area contributed by atoms with E-state index in [0.29, 0.717) is 11.8 Å². The molecule has 13 heteroatoms. The number of hydrogen-bond donors (Lipinski definition) is 0. The van der Waals surface area contributed by atoms with Gasteiger partial charge >= 0.3 is 12.4 Å². The van der Waals surface area contributed by atoms with Crippen LogP contribution in [-0.4, -0.2) is 29.6 Å². The molecule has 2 atom stereocenters. The Morgan fingerprint density at radius 1 is 1.00 bits per heavy atom. The van der Waals surface area contributed by atoms with Gasteiger partial charge in [0.15, 0.2) is 5.78 Å². The van der Waals surface area contributed by atoms with Crippen molar-refractivity contribution in [2.24, 2.45) is 5.92 Å². The molecule has 2 rings (SSSR count). The molecule has 1 unspecified atom stereocenters. The SMILES string of the molecule is C[C@H](CSCC(F)(F)F)CC(=O)c1ccc(/C=C/C(c2cc(Cl)c(Cl)c(Cl)c2)C(F)(F)F)cc1C(F)F. The van der Waals surface area contributed by atoms with E-state index in [4.69, 9.17) is 34.8 Å². The number of alkyl halides is 8. The van der Waals surface area contributed by atoms with E-state index in [-0.39, 0.29) is 43.9 Å². The summed E-state index contributed by atoms with van der Waals surface area (Å²) in [5, 5.41) is -0.506. The maximum Gasteiger partial charge on any atom is 0.399 e. The van der Waals surface area contributed by atoms with Gasteiger partial charge in [0, 0.05) is 17.5 Å². The van der Waals surface area contributed by atoms with E-state index < -0.39 is 47.7 Å². The summed E-state index contributed by atoms with van der Waals surface area (Å²) in [6.07, 6.45) is -10.8. The average molecular weight is 614 g/mol. The number of benzene rings is 2. The summed E-state index contributed by atoms with van der Waals surface area (Å²) in [5.41, 5.74) is -1.38. The summed E-state index contributed by atoms with van der Waals surface area (Å²) in [5.74, 6) is -4.51. The Balaban J connectivity index is 2.27. The van der Waals surface area contributed by atoms with Crippen molar-refractivity contribution in [2.75, 3.05) is 11.5 Å². The van der Waals surface area contributed by atoms with Crippen LogP contribution in [0, 0.1) is 5.92 Å². The van der Waals surface area contributed by atoms with Gasteiger partial charge in [-0.25, -0.2) is 8.78 Å². The largest absolute Gasteiger partial charge is 0.399 e. The molecule has 0 aliphatic carbocycles. The Morgan fingerprint density at radius 2 is 1.59 bits per heavy atom. The van der Waals surface area contributed by atoms with E-state index in [2.05, 4.69) is 0 Å². The first-order valence-electron chi connectivity index (χ1n) is 10.5. The molecule has 0 fully saturated rings. The summed E-state index contributed by atoms with van der Waals surface area (Å²) >= 11 is 18.1. The lowest BCUT2D eigenvalue weighted by molar-refractivity contribution is -0.139. The second-order valence-electron chi connectivity index (χ2n) is 8.19. The van der Waals surface area contributed by atoms with Gasteiger partial charge < -0.3 is 0 Å². The molecule has 2 aromatic carbocycles. The molecule has 0 aliphatic rings. The van der Waals surface area contributed by atoms with Crippen molar-refractivity contribution in [1.82, 2.24) is 0 Å². The van der Waals surface area contributed by atoms with E-state index in [1.54, 1.807) is 0 Å². The maximum absolute atomic E-state index is 13.7. The van der Waals surface area contributed by atoms with Gasteiger partial charge in [-0.05, 0) is 41.0 Å². The molecular formula is C24H19Cl3F8OS. The predicted molar refractivity (Wildman–Crippen MR) is 132 cm³/mol. The number of carbonyl (C=O) groups excluding carboxylic acids is 1. The van der Waals surface area contributed by atoms with Crippen molar-refractivity contribution in [1.29, 1.82) is 0 Å². The normalized spacial score (nSPS) is 14.4. The molecule has 0 spiro atoms. The average Bonchev–Trinajstić information content (AvgIpc) is 2.75. The molecule has 0 aromatic heterocycles. The van der Waals surface area contributed by atoms with Crippen LogP contribution in [0.1, 0.15) is 52.7 Å². The van der Waals surface area contributed by atoms with Crippen LogP contribution in [0.2, 0.25) is 15.1 Å². The molecule has 0 aliphatic heterocycles. The van der Waals surface area contributed by atoms with E-state index in [9.17, 15) is 39.9 Å². The van der Waals surface area contributed by atoms with E-state index >= 15 is 0 Å². The van der Waals surface area contributed by atoms with Crippen LogP contribution in [0.4, 0.5) is 35.1 Å². The highest BCUT2D eigenvalue weighted by Gasteiger charge is 2.39. The first kappa shape index (κ1) is 31.7. The van der Waals surface area contributed by atoms with Crippen molar-refractivity contribution in [3.63, 3.8) is 0 Å². The van der Waals surface area contributed by atoms with Crippen molar-refractivity contribution in [2.45, 2.75) is 38.0 Å². The minimum Gasteiger partial charge on any atom is -0.294 e. The smallest absolute Gasteiger partial charge is 0.294 e. The second kappa shape index (κ2) is 13.0. The summed E-state index contributed by atoms with van der Waals surface area (Å²) in [6, 6.07) is 5.16. The molecule has 2 aromatic rings. The van der Waals surface area contributed by atoms with Gasteiger partial charge in [-0.15, -0.1) is 0 Å². The van der Waals surface area contributed by atoms with Crippen LogP contribution in [-0.2, 0) is 0 Å². The highest BCUT2D eigenvalue weighted by atomic mass is 35.5. The van der Waals surface area contributed by atoms with Crippen molar-refractivity contribution in [3.05, 3.63) is 73.7 Å². The van der Waals surface area contributed by atoms with Crippen LogP contribution in [0.15, 0.2) is 36.4 Å². The molecular weight excluding hydrogens is 595 g/mol. The first-order valence-corrected chi connectivity index (χ1v) is 12.8. The number of halogens is 11. The third kappa shape index (κ3) is 9.64. The molecule has 0 saturated carbocycles. The van der Waals surface area contributed by atoms with Crippen molar-refractivity contribution >= 4 is 58.4 Å². The number of ketones is 1. The van der Waals surface area contributed by atoms with Crippen molar-refractivity contribution in [3.8, 4) is 0 Å². The molecule has 204 valence electrons. The monoisotopic (exact) mass is 612 g/mol. The lowest BCUT2D eigenvalue weighted by Gasteiger charge is -2.18. The molecule has 0 N–H and O–H groups in total. The third-order valence-corrected chi connectivity index (χ3v) is 7.55. The fourth-order valence-electron chi connectivity index (χ4n) is 3.35. The molecule has 1 nitrogen and oxygen atoms in total. The van der Waals surface area contributed by atoms with Crippen LogP contribution >= 0.6 is 46.6 Å². The number of thioether (sulfide) groups is 1. The van der Waals surface area contributed by atoms with E-state index in [0.717, 1.165) is 36.4 Å². The van der Waals surface area contributed by atoms with Crippen LogP contribution in [0.25, 0.3) is 6.08 Å². The topological polar surface area (TPSA) is 17.1 Å². The molecule has 0 heterocycles. The number of allylic oxidation sites excluding steroid dienone is 1. The summed E-state index contributed by atoms with van der Waals surface area (Å²) in [6.45, 7) is 1.52. The molecule has 0 amide bonds. The zero-order valence-corrected chi connectivity index (χ0v) is 22.0. The third-order valence-electron chi connectivity index (χ3n) is 5.01. The van der Waals surface area contributed by atoms with E-state index in [1.807, 2.05) is 0 Å². The molecule has 0 bridgehead atoms. The summed E-state index contributed by atoms with van der Waals surface area (Å²) < 4.78 is 105. The second-order valence-corrected chi connectivity index (χ2v) is 10.4. The Bertz CT molecular complexity index is 1110. The van der Waals surface area contributed by atoms with Gasteiger partial charge in [0.05, 0.1) is 26.7 Å². The Labute approximate surface area is 227 Å². The predicted octanol–water partition coefficient (Wildman–Crippen LogP) is 10.4. The zero-order chi connectivity index (χ0) is 28.1. The number of carbonyl (C=O) groups is 1. The molecule has 37 heavy (non-hydrogen) atoms. The number of Topliss-reactive ketones (excluding diaryl/α,β-unsaturated/α-hetero) is 1. The fourth-order valence-corrected chi connectivity index (χ4v) is 4.83. The van der Waals surface area contributed by atoms with E-state index in [1.165, 1.54) is 13.0 Å². The van der Waals surface area contributed by atoms with Crippen LogP contribution < -0.4 is 0 Å². The Hall–Kier alpha value is -1.49. The number of rotatable bonds is 10. The Morgan fingerprint density at radius 3 is 2.11 bits per heavy atom. The fraction of sp³-hybridized carbons (Fsp3) is 0.375. The lowest BCUT2D eigenvalue weighted by atomic mass is 9.94. The molecule has 0 radical (unpaired) electrons. The highest BCUT2D eigenvalue weighted by Crippen LogP contribution is 2.41. The minimum absolute atomic E-state index is 0.00630. The molecule has 0 saturated heterocycles.